The summed E-state index contributed by atoms with van der Waals surface area (Å²) in [5, 5.41) is 13.7. The molecule has 3 rings (SSSR count). The molecule has 2 aromatic carbocycles. The Morgan fingerprint density at radius 2 is 1.64 bits per heavy atom. The van der Waals surface area contributed by atoms with Crippen LogP contribution >= 0.6 is 0 Å². The van der Waals surface area contributed by atoms with Crippen LogP contribution in [0.25, 0.3) is 0 Å². The van der Waals surface area contributed by atoms with Gasteiger partial charge in [-0.25, -0.2) is 16.8 Å². The average Bonchev–Trinajstić information content (AvgIpc) is 2.78. The normalized spacial score (nSPS) is 15.7. The lowest BCUT2D eigenvalue weighted by atomic mass is 9.97. The molecule has 11 nitrogen and oxygen atoms in total. The number of carbonyl (C=O) groups excluding carboxylic acids is 1. The number of rotatable bonds is 7. The van der Waals surface area contributed by atoms with Crippen LogP contribution in [0.4, 0.5) is 11.4 Å². The molecule has 1 N–H and O–H groups in total. The zero-order valence-corrected chi connectivity index (χ0v) is 19.6. The number of nitrogens with one attached hydrogen (secondary N) is 1. The summed E-state index contributed by atoms with van der Waals surface area (Å²) < 4.78 is 55.3. The van der Waals surface area contributed by atoms with Crippen LogP contribution in [-0.2, 0) is 24.7 Å². The predicted octanol–water partition coefficient (Wildman–Crippen LogP) is 2.05. The number of carbonyl (C=O) groups is 1. The van der Waals surface area contributed by atoms with E-state index in [1.807, 2.05) is 0 Å². The first-order valence-corrected chi connectivity index (χ1v) is 13.2. The Labute approximate surface area is 191 Å². The fraction of sp³-hybridized carbons (Fsp3) is 0.350. The minimum absolute atomic E-state index is 0.0217. The summed E-state index contributed by atoms with van der Waals surface area (Å²) >= 11 is 0. The summed E-state index contributed by atoms with van der Waals surface area (Å²) in [7, 11) is -5.91. The first-order valence-electron chi connectivity index (χ1n) is 9.87. The Hall–Kier alpha value is -3.03. The van der Waals surface area contributed by atoms with Crippen molar-refractivity contribution in [3.8, 4) is 5.75 Å². The highest BCUT2D eigenvalue weighted by molar-refractivity contribution is 7.90. The van der Waals surface area contributed by atoms with E-state index in [2.05, 4.69) is 5.32 Å². The van der Waals surface area contributed by atoms with E-state index in [0.717, 1.165) is 6.26 Å². The van der Waals surface area contributed by atoms with Crippen LogP contribution in [0.2, 0.25) is 0 Å². The van der Waals surface area contributed by atoms with E-state index in [1.165, 1.54) is 53.9 Å². The van der Waals surface area contributed by atoms with Crippen LogP contribution in [0.5, 0.6) is 5.75 Å². The molecule has 1 aliphatic heterocycles. The maximum Gasteiger partial charge on any atom is 0.271 e. The van der Waals surface area contributed by atoms with Crippen molar-refractivity contribution in [2.45, 2.75) is 22.6 Å². The van der Waals surface area contributed by atoms with Gasteiger partial charge in [-0.05, 0) is 43.2 Å². The lowest BCUT2D eigenvalue weighted by Crippen LogP contribution is -2.41. The standard InChI is InChI=1S/C20H23N3O8S2/c1-31-19-8-3-15(23(25)26)13-18(19)21-20(24)14-9-11-22(12-10-14)33(29,30)17-6-4-16(5-7-17)32(2,27)28/h3-8,13-14H,9-12H2,1-2H3,(H,21,24). The minimum atomic E-state index is -3.85. The van der Waals surface area contributed by atoms with Gasteiger partial charge in [-0.3, -0.25) is 14.9 Å². The van der Waals surface area contributed by atoms with Gasteiger partial charge in [0.05, 0.1) is 27.5 Å². The van der Waals surface area contributed by atoms with Crippen LogP contribution in [0.15, 0.2) is 52.3 Å². The number of nitrogens with zero attached hydrogens (tertiary/aromatic N) is 2. The van der Waals surface area contributed by atoms with E-state index < -0.39 is 30.7 Å². The number of ether oxygens (including phenoxy) is 1. The van der Waals surface area contributed by atoms with E-state index in [1.54, 1.807) is 0 Å². The second-order valence-electron chi connectivity index (χ2n) is 7.55. The molecule has 33 heavy (non-hydrogen) atoms. The van der Waals surface area contributed by atoms with Gasteiger partial charge in [0.2, 0.25) is 15.9 Å². The summed E-state index contributed by atoms with van der Waals surface area (Å²) in [6, 6.07) is 8.84. The molecule has 1 saturated heterocycles. The number of anilines is 1. The summed E-state index contributed by atoms with van der Waals surface area (Å²) in [6.07, 6.45) is 1.54. The maximum absolute atomic E-state index is 12.9. The fourth-order valence-electron chi connectivity index (χ4n) is 3.51. The summed E-state index contributed by atoms with van der Waals surface area (Å²) in [6.45, 7) is 0.195. The molecule has 0 spiro atoms. The number of amides is 1. The van der Waals surface area contributed by atoms with Crippen molar-refractivity contribution < 1.29 is 31.3 Å². The monoisotopic (exact) mass is 497 g/mol. The first-order chi connectivity index (χ1) is 15.4. The summed E-state index contributed by atoms with van der Waals surface area (Å²) in [4.78, 5) is 23.1. The topological polar surface area (TPSA) is 153 Å². The van der Waals surface area contributed by atoms with Crippen molar-refractivity contribution in [2.24, 2.45) is 5.92 Å². The molecule has 0 saturated carbocycles. The van der Waals surface area contributed by atoms with Gasteiger partial charge in [0.15, 0.2) is 9.84 Å². The van der Waals surface area contributed by atoms with E-state index in [9.17, 15) is 31.7 Å². The van der Waals surface area contributed by atoms with Crippen LogP contribution in [0, 0.1) is 16.0 Å². The number of hydrogen-bond donors (Lipinski definition) is 1. The molecule has 1 fully saturated rings. The van der Waals surface area contributed by atoms with Gasteiger partial charge in [-0.15, -0.1) is 0 Å². The quantitative estimate of drug-likeness (QED) is 0.450. The Balaban J connectivity index is 1.67. The van der Waals surface area contributed by atoms with Gasteiger partial charge in [0.1, 0.15) is 5.75 Å². The van der Waals surface area contributed by atoms with Crippen molar-refractivity contribution in [2.75, 3.05) is 31.8 Å². The Bertz CT molecular complexity index is 1270. The van der Waals surface area contributed by atoms with Gasteiger partial charge in [-0.2, -0.15) is 4.31 Å². The zero-order chi connectivity index (χ0) is 24.4. The van der Waals surface area contributed by atoms with Gasteiger partial charge in [0.25, 0.3) is 5.69 Å². The van der Waals surface area contributed by atoms with E-state index >= 15 is 0 Å². The highest BCUT2D eigenvalue weighted by Crippen LogP contribution is 2.31. The fourth-order valence-corrected chi connectivity index (χ4v) is 5.61. The molecule has 0 aliphatic carbocycles. The molecule has 178 valence electrons. The molecule has 0 atom stereocenters. The van der Waals surface area contributed by atoms with Gasteiger partial charge >= 0.3 is 0 Å². The van der Waals surface area contributed by atoms with Crippen molar-refractivity contribution in [3.05, 3.63) is 52.6 Å². The van der Waals surface area contributed by atoms with Crippen molar-refractivity contribution >= 4 is 37.1 Å². The predicted molar refractivity (Wildman–Crippen MR) is 119 cm³/mol. The molecular formula is C20H23N3O8S2. The highest BCUT2D eigenvalue weighted by atomic mass is 32.2. The number of benzene rings is 2. The second kappa shape index (κ2) is 9.45. The Morgan fingerprint density at radius 3 is 2.15 bits per heavy atom. The van der Waals surface area contributed by atoms with E-state index in [-0.39, 0.29) is 58.8 Å². The molecule has 0 unspecified atom stereocenters. The van der Waals surface area contributed by atoms with Crippen LogP contribution in [-0.4, -0.2) is 58.4 Å². The smallest absolute Gasteiger partial charge is 0.271 e. The van der Waals surface area contributed by atoms with Crippen LogP contribution < -0.4 is 10.1 Å². The molecule has 0 bridgehead atoms. The van der Waals surface area contributed by atoms with E-state index in [4.69, 9.17) is 4.74 Å². The molecule has 2 aromatic rings. The van der Waals surface area contributed by atoms with Gasteiger partial charge in [-0.1, -0.05) is 0 Å². The van der Waals surface area contributed by atoms with Crippen molar-refractivity contribution in [3.63, 3.8) is 0 Å². The van der Waals surface area contributed by atoms with Gasteiger partial charge in [0, 0.05) is 37.4 Å². The van der Waals surface area contributed by atoms with Crippen molar-refractivity contribution in [1.82, 2.24) is 4.31 Å². The number of nitro groups is 1. The molecule has 1 aliphatic rings. The number of sulfonamides is 1. The number of non-ortho nitro benzene ring substituents is 1. The molecule has 0 radical (unpaired) electrons. The molecule has 13 heteroatoms. The minimum Gasteiger partial charge on any atom is -0.495 e. The largest absolute Gasteiger partial charge is 0.495 e. The van der Waals surface area contributed by atoms with E-state index in [0.29, 0.717) is 0 Å². The first kappa shape index (κ1) is 24.6. The number of piperidine rings is 1. The number of hydrogen-bond acceptors (Lipinski definition) is 8. The van der Waals surface area contributed by atoms with Crippen molar-refractivity contribution in [1.29, 1.82) is 0 Å². The summed E-state index contributed by atoms with van der Waals surface area (Å²) in [5.74, 6) is -0.608. The Morgan fingerprint density at radius 1 is 1.06 bits per heavy atom. The maximum atomic E-state index is 12.9. The Kier molecular flexibility index (Phi) is 7.05. The summed E-state index contributed by atoms with van der Waals surface area (Å²) in [5.41, 5.74) is -0.0355. The number of nitro benzene ring substituents is 1. The van der Waals surface area contributed by atoms with Gasteiger partial charge < -0.3 is 10.1 Å². The third-order valence-electron chi connectivity index (χ3n) is 5.37. The second-order valence-corrected chi connectivity index (χ2v) is 11.5. The average molecular weight is 498 g/mol. The zero-order valence-electron chi connectivity index (χ0n) is 17.9. The third-order valence-corrected chi connectivity index (χ3v) is 8.41. The lowest BCUT2D eigenvalue weighted by molar-refractivity contribution is -0.384. The molecule has 1 amide bonds. The highest BCUT2D eigenvalue weighted by Gasteiger charge is 2.32. The number of sulfone groups is 1. The number of methoxy groups -OCH3 is 1. The van der Waals surface area contributed by atoms with Crippen LogP contribution in [0.3, 0.4) is 0 Å². The molecule has 1 heterocycles. The molecule has 0 aromatic heterocycles. The third kappa shape index (κ3) is 5.49. The lowest BCUT2D eigenvalue weighted by Gasteiger charge is -2.30. The van der Waals surface area contributed by atoms with Crippen LogP contribution in [0.1, 0.15) is 12.8 Å². The SMILES string of the molecule is COc1ccc([N+](=O)[O-])cc1NC(=O)C1CCN(S(=O)(=O)c2ccc(S(C)(=O)=O)cc2)CC1. The molecular weight excluding hydrogens is 474 g/mol.